The van der Waals surface area contributed by atoms with Crippen molar-refractivity contribution in [1.29, 1.82) is 0 Å². The number of piperazine rings is 1. The van der Waals surface area contributed by atoms with Crippen LogP contribution in [0.4, 0.5) is 18.3 Å². The smallest absolute Gasteiger partial charge is 0.253 e. The molecule has 134 valence electrons. The molecule has 26 heavy (non-hydrogen) atoms. The molecule has 0 N–H and O–H groups in total. The molecule has 1 amide bonds. The van der Waals surface area contributed by atoms with Gasteiger partial charge in [-0.05, 0) is 30.3 Å². The number of rotatable bonds is 2. The summed E-state index contributed by atoms with van der Waals surface area (Å²) in [6.45, 7) is 2.03. The first-order valence-electron chi connectivity index (χ1n) is 8.06. The number of carbonyl (C=O) groups excluding carboxylic acids is 1. The van der Waals surface area contributed by atoms with Gasteiger partial charge in [0.15, 0.2) is 10.9 Å². The van der Waals surface area contributed by atoms with E-state index in [0.717, 1.165) is 6.07 Å². The van der Waals surface area contributed by atoms with Crippen LogP contribution in [0.2, 0.25) is 0 Å². The van der Waals surface area contributed by atoms with Gasteiger partial charge >= 0.3 is 0 Å². The molecule has 4 rings (SSSR count). The predicted octanol–water partition coefficient (Wildman–Crippen LogP) is 3.68. The third-order valence-corrected chi connectivity index (χ3v) is 5.39. The Labute approximate surface area is 151 Å². The van der Waals surface area contributed by atoms with Gasteiger partial charge in [0.05, 0.1) is 4.70 Å². The van der Waals surface area contributed by atoms with Crippen molar-refractivity contribution < 1.29 is 18.0 Å². The summed E-state index contributed by atoms with van der Waals surface area (Å²) in [5.74, 6) is -1.83. The zero-order valence-electron chi connectivity index (χ0n) is 13.6. The third kappa shape index (κ3) is 3.12. The Bertz CT molecular complexity index is 966. The van der Waals surface area contributed by atoms with Crippen LogP contribution in [0.3, 0.4) is 0 Å². The number of nitrogens with zero attached hydrogens (tertiary/aromatic N) is 3. The molecule has 0 aliphatic carbocycles. The molecule has 8 heteroatoms. The summed E-state index contributed by atoms with van der Waals surface area (Å²) in [6.07, 6.45) is 0. The van der Waals surface area contributed by atoms with Crippen molar-refractivity contribution in [3.63, 3.8) is 0 Å². The quantitative estimate of drug-likeness (QED) is 0.684. The summed E-state index contributed by atoms with van der Waals surface area (Å²) >= 11 is 1.23. The monoisotopic (exact) mass is 377 g/mol. The molecule has 0 saturated carbocycles. The normalized spacial score (nSPS) is 14.9. The molecule has 2 heterocycles. The van der Waals surface area contributed by atoms with Crippen molar-refractivity contribution in [2.45, 2.75) is 0 Å². The number of amides is 1. The average molecular weight is 377 g/mol. The van der Waals surface area contributed by atoms with Gasteiger partial charge in [0.1, 0.15) is 17.2 Å². The molecule has 1 aliphatic heterocycles. The highest BCUT2D eigenvalue weighted by atomic mass is 32.1. The molecule has 2 aromatic carbocycles. The number of benzene rings is 2. The lowest BCUT2D eigenvalue weighted by Gasteiger charge is -2.34. The van der Waals surface area contributed by atoms with Gasteiger partial charge in [-0.2, -0.15) is 0 Å². The number of anilines is 1. The van der Waals surface area contributed by atoms with Crippen molar-refractivity contribution in [1.82, 2.24) is 9.88 Å². The highest BCUT2D eigenvalue weighted by Crippen LogP contribution is 2.31. The lowest BCUT2D eigenvalue weighted by atomic mass is 10.2. The summed E-state index contributed by atoms with van der Waals surface area (Å²) in [5, 5.41) is 0.610. The standard InChI is InChI=1S/C18H14F3N3OS/c19-12-3-1-11(2-4-12)17(25)23-5-7-24(8-6-23)18-22-16-14(21)9-13(20)10-15(16)26-18/h1-4,9-10H,5-8H2. The number of thiazole rings is 1. The van der Waals surface area contributed by atoms with E-state index in [-0.39, 0.29) is 17.2 Å². The molecule has 1 aromatic heterocycles. The van der Waals surface area contributed by atoms with E-state index < -0.39 is 11.6 Å². The highest BCUT2D eigenvalue weighted by molar-refractivity contribution is 7.22. The number of fused-ring (bicyclic) bond motifs is 1. The van der Waals surface area contributed by atoms with Crippen LogP contribution in [0, 0.1) is 17.5 Å². The van der Waals surface area contributed by atoms with Crippen LogP contribution in [-0.2, 0) is 0 Å². The van der Waals surface area contributed by atoms with Gasteiger partial charge in [0, 0.05) is 37.8 Å². The number of hydrogen-bond donors (Lipinski definition) is 0. The minimum atomic E-state index is -0.673. The molecule has 0 spiro atoms. The van der Waals surface area contributed by atoms with Gasteiger partial charge in [-0.15, -0.1) is 0 Å². The molecule has 0 bridgehead atoms. The molecule has 3 aromatic rings. The second-order valence-electron chi connectivity index (χ2n) is 6.02. The van der Waals surface area contributed by atoms with Gasteiger partial charge in [0.25, 0.3) is 5.91 Å². The fourth-order valence-electron chi connectivity index (χ4n) is 2.96. The van der Waals surface area contributed by atoms with Crippen LogP contribution in [-0.4, -0.2) is 42.0 Å². The number of aromatic nitrogens is 1. The van der Waals surface area contributed by atoms with Crippen molar-refractivity contribution in [2.24, 2.45) is 0 Å². The minimum absolute atomic E-state index is 0.151. The Kier molecular flexibility index (Phi) is 4.28. The van der Waals surface area contributed by atoms with E-state index >= 15 is 0 Å². The van der Waals surface area contributed by atoms with Crippen LogP contribution in [0.25, 0.3) is 10.2 Å². The molecule has 0 atom stereocenters. The molecular formula is C18H14F3N3OS. The van der Waals surface area contributed by atoms with Crippen LogP contribution in [0.15, 0.2) is 36.4 Å². The summed E-state index contributed by atoms with van der Waals surface area (Å²) in [7, 11) is 0. The molecule has 1 fully saturated rings. The maximum Gasteiger partial charge on any atom is 0.253 e. The van der Waals surface area contributed by atoms with Crippen LogP contribution < -0.4 is 4.90 Å². The second-order valence-corrected chi connectivity index (χ2v) is 7.03. The Balaban J connectivity index is 1.47. The average Bonchev–Trinajstić information content (AvgIpc) is 3.06. The summed E-state index contributed by atoms with van der Waals surface area (Å²) in [4.78, 5) is 20.4. The van der Waals surface area contributed by atoms with Gasteiger partial charge in [-0.3, -0.25) is 4.79 Å². The van der Waals surface area contributed by atoms with E-state index in [1.165, 1.54) is 41.7 Å². The molecule has 1 saturated heterocycles. The Hall–Kier alpha value is -2.61. The van der Waals surface area contributed by atoms with Crippen LogP contribution >= 0.6 is 11.3 Å². The van der Waals surface area contributed by atoms with Gasteiger partial charge in [0.2, 0.25) is 0 Å². The number of halogens is 3. The Morgan fingerprint density at radius 1 is 0.962 bits per heavy atom. The zero-order chi connectivity index (χ0) is 18.3. The highest BCUT2D eigenvalue weighted by Gasteiger charge is 2.24. The van der Waals surface area contributed by atoms with E-state index in [9.17, 15) is 18.0 Å². The topological polar surface area (TPSA) is 36.4 Å². The van der Waals surface area contributed by atoms with E-state index in [1.807, 2.05) is 4.90 Å². The van der Waals surface area contributed by atoms with Gasteiger partial charge in [-0.1, -0.05) is 11.3 Å². The first kappa shape index (κ1) is 16.8. The van der Waals surface area contributed by atoms with Gasteiger partial charge < -0.3 is 9.80 Å². The summed E-state index contributed by atoms with van der Waals surface area (Å²) in [5.41, 5.74) is 0.605. The molecule has 1 aliphatic rings. The number of hydrogen-bond acceptors (Lipinski definition) is 4. The van der Waals surface area contributed by atoms with Crippen molar-refractivity contribution >= 4 is 32.6 Å². The van der Waals surface area contributed by atoms with E-state index in [4.69, 9.17) is 0 Å². The van der Waals surface area contributed by atoms with Crippen molar-refractivity contribution in [3.8, 4) is 0 Å². The zero-order valence-corrected chi connectivity index (χ0v) is 14.4. The van der Waals surface area contributed by atoms with Crippen LogP contribution in [0.1, 0.15) is 10.4 Å². The van der Waals surface area contributed by atoms with Gasteiger partial charge in [-0.25, -0.2) is 18.2 Å². The van der Waals surface area contributed by atoms with Crippen LogP contribution in [0.5, 0.6) is 0 Å². The fraction of sp³-hybridized carbons (Fsp3) is 0.222. The third-order valence-electron chi connectivity index (χ3n) is 4.33. The summed E-state index contributed by atoms with van der Waals surface area (Å²) < 4.78 is 40.6. The first-order chi connectivity index (χ1) is 12.5. The molecule has 0 unspecified atom stereocenters. The first-order valence-corrected chi connectivity index (χ1v) is 8.88. The predicted molar refractivity (Wildman–Crippen MR) is 94.1 cm³/mol. The molecule has 4 nitrogen and oxygen atoms in total. The lowest BCUT2D eigenvalue weighted by molar-refractivity contribution is 0.0746. The maximum atomic E-state index is 13.8. The fourth-order valence-corrected chi connectivity index (χ4v) is 4.01. The van der Waals surface area contributed by atoms with E-state index in [0.29, 0.717) is 41.6 Å². The maximum absolute atomic E-state index is 13.8. The Morgan fingerprint density at radius 2 is 1.65 bits per heavy atom. The van der Waals surface area contributed by atoms with E-state index in [1.54, 1.807) is 4.90 Å². The minimum Gasteiger partial charge on any atom is -0.345 e. The number of carbonyl (C=O) groups is 1. The van der Waals surface area contributed by atoms with Crippen molar-refractivity contribution in [3.05, 3.63) is 59.4 Å². The molecule has 0 radical (unpaired) electrons. The van der Waals surface area contributed by atoms with Crippen molar-refractivity contribution in [2.75, 3.05) is 31.1 Å². The largest absolute Gasteiger partial charge is 0.345 e. The second kappa shape index (κ2) is 6.60. The summed E-state index contributed by atoms with van der Waals surface area (Å²) in [6, 6.07) is 7.55. The SMILES string of the molecule is O=C(c1ccc(F)cc1)N1CCN(c2nc3c(F)cc(F)cc3s2)CC1. The lowest BCUT2D eigenvalue weighted by Crippen LogP contribution is -2.48. The Morgan fingerprint density at radius 3 is 2.35 bits per heavy atom. The van der Waals surface area contributed by atoms with E-state index in [2.05, 4.69) is 4.98 Å². The molecular weight excluding hydrogens is 363 g/mol.